The summed E-state index contributed by atoms with van der Waals surface area (Å²) >= 11 is 1.39. The van der Waals surface area contributed by atoms with Gasteiger partial charge in [0.1, 0.15) is 11.7 Å². The quantitative estimate of drug-likeness (QED) is 0.227. The molecule has 2 unspecified atom stereocenters. The summed E-state index contributed by atoms with van der Waals surface area (Å²) in [5, 5.41) is 3.00. The van der Waals surface area contributed by atoms with Gasteiger partial charge in [-0.25, -0.2) is 9.78 Å². The lowest BCUT2D eigenvalue weighted by Crippen LogP contribution is -2.43. The topological polar surface area (TPSA) is 111 Å². The van der Waals surface area contributed by atoms with Crippen molar-refractivity contribution in [2.24, 2.45) is 0 Å². The second kappa shape index (κ2) is 11.9. The van der Waals surface area contributed by atoms with Gasteiger partial charge < -0.3 is 20.5 Å². The largest absolute Gasteiger partial charge is 0.474 e. The summed E-state index contributed by atoms with van der Waals surface area (Å²) in [5.41, 5.74) is 10.2. The third-order valence-corrected chi connectivity index (χ3v) is 6.97. The number of hydrogen-bond donors (Lipinski definition) is 3. The summed E-state index contributed by atoms with van der Waals surface area (Å²) < 4.78 is 15.1. The summed E-state index contributed by atoms with van der Waals surface area (Å²) in [6.45, 7) is 9.73. The molecule has 0 aliphatic heterocycles. The summed E-state index contributed by atoms with van der Waals surface area (Å²) in [5.74, 6) is 0.947. The fourth-order valence-corrected chi connectivity index (χ4v) is 5.23. The predicted molar refractivity (Wildman–Crippen MR) is 153 cm³/mol. The van der Waals surface area contributed by atoms with Gasteiger partial charge in [-0.1, -0.05) is 24.3 Å². The Kier molecular flexibility index (Phi) is 8.66. The van der Waals surface area contributed by atoms with E-state index in [4.69, 9.17) is 20.2 Å². The number of nitrogens with zero attached hydrogens (tertiary/aromatic N) is 2. The minimum absolute atomic E-state index is 0.0137. The minimum Gasteiger partial charge on any atom is -0.474 e. The molecule has 0 radical (unpaired) electrons. The van der Waals surface area contributed by atoms with Gasteiger partial charge in [0.15, 0.2) is 0 Å². The van der Waals surface area contributed by atoms with E-state index in [2.05, 4.69) is 41.0 Å². The molecule has 4 N–H and O–H groups in total. The lowest BCUT2D eigenvalue weighted by atomic mass is 9.93. The first kappa shape index (κ1) is 27.6. The minimum atomic E-state index is -0.535. The van der Waals surface area contributed by atoms with Gasteiger partial charge in [0.25, 0.3) is 0 Å². The van der Waals surface area contributed by atoms with Gasteiger partial charge in [-0.2, -0.15) is 4.98 Å². The Morgan fingerprint density at radius 3 is 2.50 bits per heavy atom. The van der Waals surface area contributed by atoms with Crippen molar-refractivity contribution in [1.82, 2.24) is 15.3 Å². The molecule has 202 valence electrons. The van der Waals surface area contributed by atoms with E-state index in [1.807, 2.05) is 57.2 Å². The summed E-state index contributed by atoms with van der Waals surface area (Å²) in [4.78, 5) is 22.7. The lowest BCUT2D eigenvalue weighted by molar-refractivity contribution is 0.0461. The Bertz CT molecular complexity index is 1260. The van der Waals surface area contributed by atoms with Crippen LogP contribution in [0.5, 0.6) is 5.88 Å². The van der Waals surface area contributed by atoms with E-state index in [1.54, 1.807) is 0 Å². The molecule has 2 atom stereocenters. The normalized spacial score (nSPS) is 17.5. The number of carbonyl (C=O) groups is 1. The van der Waals surface area contributed by atoms with Crippen LogP contribution in [0.2, 0.25) is 0 Å². The van der Waals surface area contributed by atoms with Crippen LogP contribution in [0.4, 0.5) is 16.4 Å². The van der Waals surface area contributed by atoms with Gasteiger partial charge in [-0.05, 0) is 95.2 Å². The van der Waals surface area contributed by atoms with Crippen LogP contribution in [0.25, 0.3) is 11.3 Å². The summed E-state index contributed by atoms with van der Waals surface area (Å²) in [6, 6.07) is 15.7. The first-order chi connectivity index (χ1) is 18.1. The average Bonchev–Trinajstić information content (AvgIpc) is 2.82. The number of benzene rings is 2. The number of amides is 1. The number of ether oxygens (including phenoxy) is 2. The molecule has 38 heavy (non-hydrogen) atoms. The van der Waals surface area contributed by atoms with Gasteiger partial charge in [-0.3, -0.25) is 4.72 Å². The van der Waals surface area contributed by atoms with E-state index >= 15 is 0 Å². The standard InChI is InChI=1S/C29H37N5O3S/c1-18-9-6-10-19(2)26(18)24-17-25(33-27(32-24)34-38-23-14-7-11-20(30)15-23)36-22-13-8-12-21(16-22)31-28(35)37-29(3,4)5/h6-7,9-11,14-15,17,21-22H,8,12-13,16,30H2,1-5H3,(H,31,35)(H,32,33,34). The van der Waals surface area contributed by atoms with Crippen molar-refractivity contribution in [3.05, 3.63) is 59.7 Å². The average molecular weight is 536 g/mol. The molecule has 2 aromatic carbocycles. The van der Waals surface area contributed by atoms with Crippen LogP contribution in [-0.4, -0.2) is 33.8 Å². The number of anilines is 2. The van der Waals surface area contributed by atoms with Gasteiger partial charge >= 0.3 is 6.09 Å². The molecule has 4 rings (SSSR count). The van der Waals surface area contributed by atoms with E-state index in [-0.39, 0.29) is 12.1 Å². The van der Waals surface area contributed by atoms with Crippen LogP contribution >= 0.6 is 11.9 Å². The molecule has 8 nitrogen and oxygen atoms in total. The number of rotatable bonds is 7. The van der Waals surface area contributed by atoms with Crippen molar-refractivity contribution in [3.63, 3.8) is 0 Å². The third kappa shape index (κ3) is 7.77. The molecule has 1 saturated carbocycles. The maximum atomic E-state index is 12.3. The van der Waals surface area contributed by atoms with E-state index in [0.29, 0.717) is 23.9 Å². The number of aryl methyl sites for hydroxylation is 2. The Hall–Kier alpha value is -3.46. The third-order valence-electron chi connectivity index (χ3n) is 6.19. The molecule has 0 bridgehead atoms. The summed E-state index contributed by atoms with van der Waals surface area (Å²) in [6.07, 6.45) is 2.92. The number of nitrogens with two attached hydrogens (primary N) is 1. The van der Waals surface area contributed by atoms with Crippen LogP contribution in [0, 0.1) is 13.8 Å². The Morgan fingerprint density at radius 1 is 1.05 bits per heavy atom. The van der Waals surface area contributed by atoms with Crippen molar-refractivity contribution in [2.75, 3.05) is 10.5 Å². The number of hydrogen-bond acceptors (Lipinski definition) is 8. The smallest absolute Gasteiger partial charge is 0.407 e. The van der Waals surface area contributed by atoms with E-state index < -0.39 is 11.7 Å². The molecule has 1 aromatic heterocycles. The van der Waals surface area contributed by atoms with Crippen LogP contribution < -0.4 is 20.5 Å². The highest BCUT2D eigenvalue weighted by Crippen LogP contribution is 2.32. The fraction of sp³-hybridized carbons (Fsp3) is 0.414. The zero-order chi connectivity index (χ0) is 27.3. The van der Waals surface area contributed by atoms with Gasteiger partial charge in [0.05, 0.1) is 5.69 Å². The molecule has 3 aromatic rings. The van der Waals surface area contributed by atoms with Crippen LogP contribution in [0.3, 0.4) is 0 Å². The maximum Gasteiger partial charge on any atom is 0.407 e. The van der Waals surface area contributed by atoms with Crippen molar-refractivity contribution in [2.45, 2.75) is 82.9 Å². The number of nitrogens with one attached hydrogen (secondary N) is 2. The second-order valence-electron chi connectivity index (χ2n) is 10.7. The highest BCUT2D eigenvalue weighted by molar-refractivity contribution is 8.00. The maximum absolute atomic E-state index is 12.3. The van der Waals surface area contributed by atoms with Gasteiger partial charge in [-0.15, -0.1) is 0 Å². The lowest BCUT2D eigenvalue weighted by Gasteiger charge is -2.30. The Balaban J connectivity index is 1.54. The molecule has 9 heteroatoms. The zero-order valence-corrected chi connectivity index (χ0v) is 23.5. The van der Waals surface area contributed by atoms with Crippen LogP contribution in [0.1, 0.15) is 57.6 Å². The van der Waals surface area contributed by atoms with Gasteiger partial charge in [0.2, 0.25) is 11.8 Å². The first-order valence-corrected chi connectivity index (χ1v) is 13.8. The Morgan fingerprint density at radius 2 is 1.79 bits per heavy atom. The summed E-state index contributed by atoms with van der Waals surface area (Å²) in [7, 11) is 0. The number of alkyl carbamates (subject to hydrolysis) is 1. The number of carbonyl (C=O) groups excluding carboxylic acids is 1. The second-order valence-corrected chi connectivity index (χ2v) is 11.6. The van der Waals surface area contributed by atoms with E-state index in [9.17, 15) is 4.79 Å². The van der Waals surface area contributed by atoms with E-state index in [1.165, 1.54) is 11.9 Å². The highest BCUT2D eigenvalue weighted by atomic mass is 32.2. The van der Waals surface area contributed by atoms with Crippen molar-refractivity contribution in [1.29, 1.82) is 0 Å². The molecule has 0 spiro atoms. The van der Waals surface area contributed by atoms with Crippen molar-refractivity contribution in [3.8, 4) is 17.1 Å². The molecule has 1 aliphatic rings. The zero-order valence-electron chi connectivity index (χ0n) is 22.7. The van der Waals surface area contributed by atoms with Crippen molar-refractivity contribution < 1.29 is 14.3 Å². The molecular formula is C29H37N5O3S. The predicted octanol–water partition coefficient (Wildman–Crippen LogP) is 6.68. The van der Waals surface area contributed by atoms with E-state index in [0.717, 1.165) is 46.5 Å². The Labute approximate surface area is 229 Å². The monoisotopic (exact) mass is 535 g/mol. The number of aromatic nitrogens is 2. The molecule has 1 aliphatic carbocycles. The molecule has 1 amide bonds. The SMILES string of the molecule is Cc1cccc(C)c1-c1cc(OC2CCCC(NC(=O)OC(C)(C)C)C2)nc(NSc2cccc(N)c2)n1. The highest BCUT2D eigenvalue weighted by Gasteiger charge is 2.27. The molecular weight excluding hydrogens is 498 g/mol. The fourth-order valence-electron chi connectivity index (χ4n) is 4.59. The molecule has 0 saturated heterocycles. The van der Waals surface area contributed by atoms with Crippen LogP contribution in [0.15, 0.2) is 53.4 Å². The van der Waals surface area contributed by atoms with Crippen LogP contribution in [-0.2, 0) is 4.74 Å². The first-order valence-electron chi connectivity index (χ1n) is 13.0. The number of nitrogen functional groups attached to an aromatic ring is 1. The van der Waals surface area contributed by atoms with Gasteiger partial charge in [0, 0.05) is 34.7 Å². The molecule has 1 heterocycles. The van der Waals surface area contributed by atoms with Crippen molar-refractivity contribution >= 4 is 29.7 Å². The molecule has 1 fully saturated rings.